The summed E-state index contributed by atoms with van der Waals surface area (Å²) >= 11 is 4.28. The molecule has 2 heterocycles. The zero-order valence-corrected chi connectivity index (χ0v) is 9.45. The summed E-state index contributed by atoms with van der Waals surface area (Å²) in [6, 6.07) is 0. The SMILES string of the molecule is COCC1SC1C1SC1C(C)C. The van der Waals surface area contributed by atoms with E-state index in [1.165, 1.54) is 0 Å². The van der Waals surface area contributed by atoms with Crippen molar-refractivity contribution in [2.24, 2.45) is 5.92 Å². The highest BCUT2D eigenvalue weighted by atomic mass is 32.2. The van der Waals surface area contributed by atoms with Crippen molar-refractivity contribution in [1.29, 1.82) is 0 Å². The largest absolute Gasteiger partial charge is 0.383 e. The van der Waals surface area contributed by atoms with Gasteiger partial charge >= 0.3 is 0 Å². The molecule has 2 saturated heterocycles. The molecule has 0 bridgehead atoms. The predicted molar refractivity (Wildman–Crippen MR) is 57.0 cm³/mol. The fourth-order valence-corrected chi connectivity index (χ4v) is 4.78. The second-order valence-electron chi connectivity index (χ2n) is 3.90. The monoisotopic (exact) mass is 204 g/mol. The molecule has 0 spiro atoms. The van der Waals surface area contributed by atoms with E-state index in [4.69, 9.17) is 4.74 Å². The molecule has 70 valence electrons. The van der Waals surface area contributed by atoms with Gasteiger partial charge in [-0.25, -0.2) is 0 Å². The molecule has 2 fully saturated rings. The molecule has 0 aliphatic carbocycles. The van der Waals surface area contributed by atoms with Gasteiger partial charge in [-0.05, 0) is 5.92 Å². The van der Waals surface area contributed by atoms with Gasteiger partial charge in [0.15, 0.2) is 0 Å². The van der Waals surface area contributed by atoms with Crippen molar-refractivity contribution < 1.29 is 4.74 Å². The van der Waals surface area contributed by atoms with Crippen molar-refractivity contribution in [3.63, 3.8) is 0 Å². The topological polar surface area (TPSA) is 9.23 Å². The lowest BCUT2D eigenvalue weighted by molar-refractivity contribution is 0.205. The van der Waals surface area contributed by atoms with Gasteiger partial charge in [0.2, 0.25) is 0 Å². The first-order chi connectivity index (χ1) is 5.74. The minimum Gasteiger partial charge on any atom is -0.383 e. The van der Waals surface area contributed by atoms with Gasteiger partial charge in [0.1, 0.15) is 0 Å². The van der Waals surface area contributed by atoms with E-state index in [2.05, 4.69) is 37.4 Å². The Morgan fingerprint density at radius 2 is 2.00 bits per heavy atom. The number of rotatable bonds is 4. The molecular formula is C9H16OS2. The molecule has 1 nitrogen and oxygen atoms in total. The first-order valence-electron chi connectivity index (χ1n) is 4.54. The van der Waals surface area contributed by atoms with E-state index in [0.29, 0.717) is 0 Å². The second kappa shape index (κ2) is 3.43. The van der Waals surface area contributed by atoms with E-state index in [9.17, 15) is 0 Å². The molecule has 0 aromatic heterocycles. The summed E-state index contributed by atoms with van der Waals surface area (Å²) in [6.45, 7) is 5.61. The molecule has 0 N–H and O–H groups in total. The normalized spacial score (nSPS) is 45.0. The summed E-state index contributed by atoms with van der Waals surface area (Å²) in [5.41, 5.74) is 0. The van der Waals surface area contributed by atoms with Crippen LogP contribution >= 0.6 is 23.5 Å². The van der Waals surface area contributed by atoms with Crippen molar-refractivity contribution in [3.8, 4) is 0 Å². The van der Waals surface area contributed by atoms with Crippen molar-refractivity contribution in [2.45, 2.75) is 34.8 Å². The average Bonchev–Trinajstić information content (AvgIpc) is 2.79. The minimum absolute atomic E-state index is 0.816. The number of methoxy groups -OCH3 is 1. The Morgan fingerprint density at radius 3 is 2.50 bits per heavy atom. The molecular weight excluding hydrogens is 188 g/mol. The first kappa shape index (κ1) is 9.22. The van der Waals surface area contributed by atoms with E-state index in [0.717, 1.165) is 33.5 Å². The van der Waals surface area contributed by atoms with Crippen LogP contribution in [0.1, 0.15) is 13.8 Å². The highest BCUT2D eigenvalue weighted by molar-refractivity contribution is 8.12. The van der Waals surface area contributed by atoms with Crippen molar-refractivity contribution in [3.05, 3.63) is 0 Å². The third-order valence-corrected chi connectivity index (χ3v) is 5.81. The Hall–Kier alpha value is 0.660. The summed E-state index contributed by atoms with van der Waals surface area (Å²) in [6.07, 6.45) is 0. The molecule has 2 rings (SSSR count). The van der Waals surface area contributed by atoms with Crippen molar-refractivity contribution in [2.75, 3.05) is 13.7 Å². The van der Waals surface area contributed by atoms with Crippen LogP contribution in [0.3, 0.4) is 0 Å². The van der Waals surface area contributed by atoms with Gasteiger partial charge in [-0.1, -0.05) is 13.8 Å². The highest BCUT2D eigenvalue weighted by Crippen LogP contribution is 2.60. The van der Waals surface area contributed by atoms with Gasteiger partial charge in [0.05, 0.1) is 6.61 Å². The van der Waals surface area contributed by atoms with Gasteiger partial charge < -0.3 is 4.74 Å². The average molecular weight is 204 g/mol. The van der Waals surface area contributed by atoms with Gasteiger partial charge in [-0.2, -0.15) is 11.8 Å². The fraction of sp³-hybridized carbons (Fsp3) is 1.00. The molecule has 0 radical (unpaired) electrons. The van der Waals surface area contributed by atoms with Crippen LogP contribution in [-0.4, -0.2) is 34.7 Å². The number of thioether (sulfide) groups is 2. The number of hydrogen-bond donors (Lipinski definition) is 0. The van der Waals surface area contributed by atoms with Gasteiger partial charge in [-0.3, -0.25) is 0 Å². The molecule has 2 aliphatic heterocycles. The molecule has 2 aliphatic rings. The standard InChI is InChI=1S/C9H16OS2/c1-5(2)7-9(12-7)8-6(11-8)4-10-3/h5-9H,4H2,1-3H3. The van der Waals surface area contributed by atoms with E-state index in [-0.39, 0.29) is 0 Å². The van der Waals surface area contributed by atoms with Crippen LogP contribution in [0.2, 0.25) is 0 Å². The maximum absolute atomic E-state index is 5.14. The number of ether oxygens (including phenoxy) is 1. The zero-order valence-electron chi connectivity index (χ0n) is 7.82. The molecule has 0 aromatic carbocycles. The Balaban J connectivity index is 1.71. The summed E-state index contributed by atoms with van der Waals surface area (Å²) in [5, 5.41) is 3.64. The zero-order chi connectivity index (χ0) is 8.72. The van der Waals surface area contributed by atoms with Gasteiger partial charge in [-0.15, -0.1) is 11.8 Å². The van der Waals surface area contributed by atoms with Crippen LogP contribution in [0.5, 0.6) is 0 Å². The predicted octanol–water partition coefficient (Wildman–Crippen LogP) is 2.26. The summed E-state index contributed by atoms with van der Waals surface area (Å²) in [4.78, 5) is 0. The van der Waals surface area contributed by atoms with E-state index in [1.807, 2.05) is 0 Å². The molecule has 0 amide bonds. The molecule has 0 aromatic rings. The van der Waals surface area contributed by atoms with Crippen LogP contribution in [0.15, 0.2) is 0 Å². The summed E-state index contributed by atoms with van der Waals surface area (Å²) in [5.74, 6) is 0.865. The third-order valence-electron chi connectivity index (χ3n) is 2.50. The maximum Gasteiger partial charge on any atom is 0.0592 e. The first-order valence-corrected chi connectivity index (χ1v) is 6.42. The van der Waals surface area contributed by atoms with Gasteiger partial charge in [0, 0.05) is 28.1 Å². The third kappa shape index (κ3) is 1.78. The quantitative estimate of drug-likeness (QED) is 0.650. The van der Waals surface area contributed by atoms with Crippen LogP contribution in [0.4, 0.5) is 0 Å². The maximum atomic E-state index is 5.14. The molecule has 12 heavy (non-hydrogen) atoms. The number of hydrogen-bond acceptors (Lipinski definition) is 3. The molecule has 4 atom stereocenters. The van der Waals surface area contributed by atoms with E-state index >= 15 is 0 Å². The smallest absolute Gasteiger partial charge is 0.0592 e. The van der Waals surface area contributed by atoms with Crippen LogP contribution < -0.4 is 0 Å². The van der Waals surface area contributed by atoms with Crippen LogP contribution in [-0.2, 0) is 4.74 Å². The van der Waals surface area contributed by atoms with Crippen molar-refractivity contribution in [1.82, 2.24) is 0 Å². The lowest BCUT2D eigenvalue weighted by Crippen LogP contribution is -2.11. The van der Waals surface area contributed by atoms with Gasteiger partial charge in [0.25, 0.3) is 0 Å². The fourth-order valence-electron chi connectivity index (χ4n) is 1.68. The summed E-state index contributed by atoms with van der Waals surface area (Å²) < 4.78 is 5.14. The Labute approximate surface area is 83.0 Å². The van der Waals surface area contributed by atoms with Crippen LogP contribution in [0, 0.1) is 5.92 Å². The van der Waals surface area contributed by atoms with Crippen LogP contribution in [0.25, 0.3) is 0 Å². The molecule has 0 saturated carbocycles. The van der Waals surface area contributed by atoms with Crippen molar-refractivity contribution >= 4 is 23.5 Å². The Bertz CT molecular complexity index is 172. The second-order valence-corrected chi connectivity index (χ2v) is 6.69. The van der Waals surface area contributed by atoms with E-state index < -0.39 is 0 Å². The summed E-state index contributed by atoms with van der Waals surface area (Å²) in [7, 11) is 1.80. The molecule has 3 heteroatoms. The Kier molecular flexibility index (Phi) is 2.64. The highest BCUT2D eigenvalue weighted by Gasteiger charge is 2.56. The lowest BCUT2D eigenvalue weighted by atomic mass is 10.1. The lowest BCUT2D eigenvalue weighted by Gasteiger charge is -1.98. The molecule has 4 unspecified atom stereocenters. The van der Waals surface area contributed by atoms with E-state index in [1.54, 1.807) is 7.11 Å². The Morgan fingerprint density at radius 1 is 1.25 bits per heavy atom. The minimum atomic E-state index is 0.816.